The number of allylic oxidation sites excluding steroid dienone is 1. The molecule has 0 bridgehead atoms. The summed E-state index contributed by atoms with van der Waals surface area (Å²) in [6, 6.07) is 0. The van der Waals surface area contributed by atoms with Crippen molar-refractivity contribution in [3.8, 4) is 0 Å². The number of hydrogen-bond acceptors (Lipinski definition) is 1. The molecule has 0 N–H and O–H groups in total. The average molecular weight is 242 g/mol. The van der Waals surface area contributed by atoms with Crippen molar-refractivity contribution in [1.82, 2.24) is 0 Å². The lowest BCUT2D eigenvalue weighted by molar-refractivity contribution is 0.550. The summed E-state index contributed by atoms with van der Waals surface area (Å²) in [4.78, 5) is 0. The summed E-state index contributed by atoms with van der Waals surface area (Å²) in [5, 5.41) is 1.86. The van der Waals surface area contributed by atoms with Crippen molar-refractivity contribution in [3.63, 3.8) is 0 Å². The van der Waals surface area contributed by atoms with E-state index in [9.17, 15) is 0 Å². The number of unbranched alkanes of at least 4 members (excludes halogenated alkanes) is 11. The largest absolute Gasteiger partial charge is 0.152 e. The van der Waals surface area contributed by atoms with Crippen LogP contribution in [0.25, 0.3) is 0 Å². The van der Waals surface area contributed by atoms with Crippen LogP contribution in [0.5, 0.6) is 0 Å². The summed E-state index contributed by atoms with van der Waals surface area (Å²) in [5.41, 5.74) is 0. The second-order valence-electron chi connectivity index (χ2n) is 4.71. The molecule has 0 aromatic carbocycles. The lowest BCUT2D eigenvalue weighted by Crippen LogP contribution is -1.81. The van der Waals surface area contributed by atoms with Crippen LogP contribution in [-0.4, -0.2) is 0 Å². The zero-order valence-corrected chi connectivity index (χ0v) is 12.0. The van der Waals surface area contributed by atoms with Crippen LogP contribution in [0.2, 0.25) is 0 Å². The fourth-order valence-electron chi connectivity index (χ4n) is 2.00. The maximum absolute atomic E-state index is 4.05. The van der Waals surface area contributed by atoms with Gasteiger partial charge in [-0.1, -0.05) is 77.2 Å². The Kier molecular flexibility index (Phi) is 15.2. The zero-order chi connectivity index (χ0) is 11.9. The molecule has 16 heavy (non-hydrogen) atoms. The van der Waals surface area contributed by atoms with E-state index < -0.39 is 0 Å². The van der Waals surface area contributed by atoms with Gasteiger partial charge in [-0.2, -0.15) is 12.6 Å². The van der Waals surface area contributed by atoms with Gasteiger partial charge in [-0.25, -0.2) is 0 Å². The maximum Gasteiger partial charge on any atom is -0.0343 e. The molecule has 0 aliphatic heterocycles. The van der Waals surface area contributed by atoms with E-state index in [-0.39, 0.29) is 0 Å². The molecule has 0 saturated carbocycles. The van der Waals surface area contributed by atoms with Crippen molar-refractivity contribution >= 4 is 12.6 Å². The van der Waals surface area contributed by atoms with Crippen molar-refractivity contribution in [2.24, 2.45) is 0 Å². The molecule has 0 radical (unpaired) electrons. The maximum atomic E-state index is 4.05. The SMILES string of the molecule is CCCCCCCCCCCCC/C=C/S. The Balaban J connectivity index is 2.88. The Hall–Kier alpha value is 0.0900. The van der Waals surface area contributed by atoms with E-state index in [1.54, 1.807) is 0 Å². The lowest BCUT2D eigenvalue weighted by atomic mass is 10.1. The van der Waals surface area contributed by atoms with Gasteiger partial charge in [-0.15, -0.1) is 0 Å². The van der Waals surface area contributed by atoms with E-state index in [1.807, 2.05) is 5.41 Å². The highest BCUT2D eigenvalue weighted by Gasteiger charge is 1.92. The standard InChI is InChI=1S/C15H30S/c1-2-3-4-5-6-7-8-9-10-11-12-13-14-15-16/h14-16H,2-13H2,1H3/b15-14+. The van der Waals surface area contributed by atoms with Crippen molar-refractivity contribution in [2.75, 3.05) is 0 Å². The third-order valence-corrected chi connectivity index (χ3v) is 3.29. The van der Waals surface area contributed by atoms with E-state index in [0.29, 0.717) is 0 Å². The Morgan fingerprint density at radius 3 is 1.56 bits per heavy atom. The minimum Gasteiger partial charge on any atom is -0.152 e. The van der Waals surface area contributed by atoms with E-state index in [2.05, 4.69) is 25.6 Å². The van der Waals surface area contributed by atoms with Crippen LogP contribution < -0.4 is 0 Å². The normalized spacial score (nSPS) is 11.4. The van der Waals surface area contributed by atoms with Gasteiger partial charge in [0.25, 0.3) is 0 Å². The van der Waals surface area contributed by atoms with E-state index in [4.69, 9.17) is 0 Å². The van der Waals surface area contributed by atoms with E-state index in [1.165, 1.54) is 77.0 Å². The van der Waals surface area contributed by atoms with Gasteiger partial charge in [-0.05, 0) is 18.2 Å². The van der Waals surface area contributed by atoms with Crippen LogP contribution >= 0.6 is 12.6 Å². The monoisotopic (exact) mass is 242 g/mol. The minimum absolute atomic E-state index is 1.21. The fraction of sp³-hybridized carbons (Fsp3) is 0.867. The van der Waals surface area contributed by atoms with Gasteiger partial charge >= 0.3 is 0 Å². The highest BCUT2D eigenvalue weighted by atomic mass is 32.1. The minimum atomic E-state index is 1.21. The molecule has 0 spiro atoms. The Labute approximate surface area is 108 Å². The lowest BCUT2D eigenvalue weighted by Gasteiger charge is -2.01. The first-order valence-corrected chi connectivity index (χ1v) is 7.72. The quantitative estimate of drug-likeness (QED) is 0.309. The molecule has 0 rings (SSSR count). The first-order chi connectivity index (χ1) is 7.91. The summed E-state index contributed by atoms with van der Waals surface area (Å²) >= 11 is 4.05. The summed E-state index contributed by atoms with van der Waals surface area (Å²) in [7, 11) is 0. The Bertz CT molecular complexity index is 140. The molecule has 0 aromatic heterocycles. The van der Waals surface area contributed by atoms with Crippen molar-refractivity contribution < 1.29 is 0 Å². The predicted octanol–water partition coefficient (Wildman–Crippen LogP) is 6.13. The molecule has 0 nitrogen and oxygen atoms in total. The third-order valence-electron chi connectivity index (χ3n) is 3.08. The van der Waals surface area contributed by atoms with Crippen molar-refractivity contribution in [2.45, 2.75) is 84.0 Å². The van der Waals surface area contributed by atoms with Crippen LogP contribution in [0.3, 0.4) is 0 Å². The molecular formula is C15H30S. The summed E-state index contributed by atoms with van der Waals surface area (Å²) in [6.07, 6.45) is 19.0. The van der Waals surface area contributed by atoms with Crippen LogP contribution in [-0.2, 0) is 0 Å². The second kappa shape index (κ2) is 15.1. The van der Waals surface area contributed by atoms with Crippen LogP contribution in [0.4, 0.5) is 0 Å². The summed E-state index contributed by atoms with van der Waals surface area (Å²) < 4.78 is 0. The number of rotatable bonds is 12. The van der Waals surface area contributed by atoms with Gasteiger partial charge in [0.05, 0.1) is 0 Å². The zero-order valence-electron chi connectivity index (χ0n) is 11.1. The molecular weight excluding hydrogens is 212 g/mol. The number of hydrogen-bond donors (Lipinski definition) is 1. The Morgan fingerprint density at radius 2 is 1.12 bits per heavy atom. The molecule has 0 unspecified atom stereocenters. The highest BCUT2D eigenvalue weighted by molar-refractivity contribution is 7.83. The summed E-state index contributed by atoms with van der Waals surface area (Å²) in [5.74, 6) is 0. The molecule has 0 aromatic rings. The van der Waals surface area contributed by atoms with Gasteiger partial charge < -0.3 is 0 Å². The fourth-order valence-corrected chi connectivity index (χ4v) is 2.15. The van der Waals surface area contributed by atoms with Crippen LogP contribution in [0.15, 0.2) is 11.5 Å². The molecule has 1 heteroatoms. The second-order valence-corrected chi connectivity index (χ2v) is 5.01. The summed E-state index contributed by atoms with van der Waals surface area (Å²) in [6.45, 7) is 2.28. The van der Waals surface area contributed by atoms with Gasteiger partial charge in [0.2, 0.25) is 0 Å². The van der Waals surface area contributed by atoms with E-state index in [0.717, 1.165) is 0 Å². The predicted molar refractivity (Wildman–Crippen MR) is 79.2 cm³/mol. The van der Waals surface area contributed by atoms with Gasteiger partial charge in [0, 0.05) is 0 Å². The smallest absolute Gasteiger partial charge is 0.0343 e. The van der Waals surface area contributed by atoms with Crippen LogP contribution in [0.1, 0.15) is 84.0 Å². The van der Waals surface area contributed by atoms with Crippen molar-refractivity contribution in [1.29, 1.82) is 0 Å². The van der Waals surface area contributed by atoms with Crippen LogP contribution in [0, 0.1) is 0 Å². The molecule has 0 heterocycles. The first kappa shape index (κ1) is 16.1. The third kappa shape index (κ3) is 14.1. The Morgan fingerprint density at radius 1 is 0.688 bits per heavy atom. The highest BCUT2D eigenvalue weighted by Crippen LogP contribution is 2.11. The molecule has 0 fully saturated rings. The molecule has 96 valence electrons. The topological polar surface area (TPSA) is 0 Å². The van der Waals surface area contributed by atoms with Gasteiger partial charge in [0.1, 0.15) is 0 Å². The molecule has 0 aliphatic rings. The average Bonchev–Trinajstić information content (AvgIpc) is 2.31. The van der Waals surface area contributed by atoms with Gasteiger partial charge in [0.15, 0.2) is 0 Å². The van der Waals surface area contributed by atoms with Crippen molar-refractivity contribution in [3.05, 3.63) is 11.5 Å². The number of thiol groups is 1. The molecule has 0 amide bonds. The molecule has 0 atom stereocenters. The molecule has 0 aliphatic carbocycles. The van der Waals surface area contributed by atoms with Gasteiger partial charge in [-0.3, -0.25) is 0 Å². The molecule has 0 saturated heterocycles. The first-order valence-electron chi connectivity index (χ1n) is 7.21. The van der Waals surface area contributed by atoms with E-state index >= 15 is 0 Å².